The van der Waals surface area contributed by atoms with Crippen molar-refractivity contribution in [1.82, 2.24) is 25.5 Å². The summed E-state index contributed by atoms with van der Waals surface area (Å²) in [5.41, 5.74) is 1.16. The normalized spacial score (nSPS) is 11.1. The van der Waals surface area contributed by atoms with E-state index in [4.69, 9.17) is 4.74 Å². The predicted octanol–water partition coefficient (Wildman–Crippen LogP) is 2.05. The van der Waals surface area contributed by atoms with E-state index >= 15 is 0 Å². The highest BCUT2D eigenvalue weighted by molar-refractivity contribution is 9.10. The number of ether oxygens (including phenoxy) is 1. The van der Waals surface area contributed by atoms with Gasteiger partial charge in [-0.25, -0.2) is 0 Å². The van der Waals surface area contributed by atoms with E-state index in [1.165, 1.54) is 4.80 Å². The van der Waals surface area contributed by atoms with Crippen LogP contribution in [0, 0.1) is 0 Å². The Kier molecular flexibility index (Phi) is 5.08. The van der Waals surface area contributed by atoms with E-state index in [9.17, 15) is 0 Å². The fraction of sp³-hybridized carbons (Fsp3) is 0.462. The molecule has 0 bridgehead atoms. The van der Waals surface area contributed by atoms with Gasteiger partial charge < -0.3 is 10.1 Å². The van der Waals surface area contributed by atoms with Crippen molar-refractivity contribution in [3.05, 3.63) is 34.1 Å². The second-order valence-electron chi connectivity index (χ2n) is 4.77. The third-order valence-electron chi connectivity index (χ3n) is 2.64. The number of nitrogens with one attached hydrogen (secondary N) is 1. The molecule has 0 atom stereocenters. The molecular weight excluding hydrogens is 322 g/mol. The summed E-state index contributed by atoms with van der Waals surface area (Å²) in [4.78, 5) is 1.41. The summed E-state index contributed by atoms with van der Waals surface area (Å²) in [6.45, 7) is 5.34. The molecule has 1 aromatic carbocycles. The summed E-state index contributed by atoms with van der Waals surface area (Å²) in [5, 5.41) is 15.1. The van der Waals surface area contributed by atoms with Crippen molar-refractivity contribution in [2.75, 3.05) is 0 Å². The minimum atomic E-state index is 0.312. The molecule has 0 fully saturated rings. The molecule has 1 heterocycles. The predicted molar refractivity (Wildman–Crippen MR) is 79.2 cm³/mol. The topological polar surface area (TPSA) is 64.9 Å². The first-order valence-corrected chi connectivity index (χ1v) is 7.21. The van der Waals surface area contributed by atoms with Crippen molar-refractivity contribution >= 4 is 15.9 Å². The first-order chi connectivity index (χ1) is 9.54. The highest BCUT2D eigenvalue weighted by Gasteiger charge is 2.06. The summed E-state index contributed by atoms with van der Waals surface area (Å²) >= 11 is 3.55. The van der Waals surface area contributed by atoms with Crippen molar-refractivity contribution in [2.24, 2.45) is 7.05 Å². The van der Waals surface area contributed by atoms with Gasteiger partial charge in [-0.3, -0.25) is 0 Å². The van der Waals surface area contributed by atoms with Crippen LogP contribution in [-0.4, -0.2) is 26.2 Å². The largest absolute Gasteiger partial charge is 0.485 e. The Bertz CT molecular complexity index is 570. The van der Waals surface area contributed by atoms with Gasteiger partial charge in [0.2, 0.25) is 5.82 Å². The molecule has 0 unspecified atom stereocenters. The lowest BCUT2D eigenvalue weighted by atomic mass is 10.2. The van der Waals surface area contributed by atoms with Crippen LogP contribution in [0.3, 0.4) is 0 Å². The molecule has 0 saturated heterocycles. The summed E-state index contributed by atoms with van der Waals surface area (Å²) in [6, 6.07) is 6.35. The molecule has 108 valence electrons. The molecule has 1 N–H and O–H groups in total. The van der Waals surface area contributed by atoms with Gasteiger partial charge >= 0.3 is 0 Å². The maximum atomic E-state index is 5.68. The number of halogens is 1. The summed E-state index contributed by atoms with van der Waals surface area (Å²) in [5.74, 6) is 1.36. The number of tetrazole rings is 1. The van der Waals surface area contributed by atoms with E-state index in [2.05, 4.69) is 50.5 Å². The molecule has 0 radical (unpaired) electrons. The summed E-state index contributed by atoms with van der Waals surface area (Å²) in [6.07, 6.45) is 0. The highest BCUT2D eigenvalue weighted by Crippen LogP contribution is 2.23. The van der Waals surface area contributed by atoms with Crippen LogP contribution in [0.4, 0.5) is 0 Å². The second-order valence-corrected chi connectivity index (χ2v) is 5.63. The lowest BCUT2D eigenvalue weighted by Gasteiger charge is -2.11. The Morgan fingerprint density at radius 1 is 1.40 bits per heavy atom. The maximum absolute atomic E-state index is 5.68. The molecule has 7 heteroatoms. The molecule has 0 aliphatic carbocycles. The van der Waals surface area contributed by atoms with Crippen LogP contribution in [0.25, 0.3) is 0 Å². The van der Waals surface area contributed by atoms with Crippen molar-refractivity contribution in [3.8, 4) is 5.75 Å². The number of hydrogen-bond donors (Lipinski definition) is 1. The Balaban J connectivity index is 1.99. The molecule has 2 aromatic rings. The lowest BCUT2D eigenvalue weighted by Crippen LogP contribution is -2.22. The minimum absolute atomic E-state index is 0.312. The van der Waals surface area contributed by atoms with Gasteiger partial charge in [0, 0.05) is 17.1 Å². The Labute approximate surface area is 126 Å². The third kappa shape index (κ3) is 4.28. The monoisotopic (exact) mass is 339 g/mol. The first kappa shape index (κ1) is 14.9. The van der Waals surface area contributed by atoms with Crippen LogP contribution in [0.15, 0.2) is 22.7 Å². The van der Waals surface area contributed by atoms with E-state index in [0.29, 0.717) is 18.5 Å². The van der Waals surface area contributed by atoms with Gasteiger partial charge in [-0.2, -0.15) is 4.80 Å². The Morgan fingerprint density at radius 2 is 2.20 bits per heavy atom. The Morgan fingerprint density at radius 3 is 2.85 bits per heavy atom. The Hall–Kier alpha value is -1.47. The van der Waals surface area contributed by atoms with E-state index in [0.717, 1.165) is 22.3 Å². The lowest BCUT2D eigenvalue weighted by molar-refractivity contribution is 0.295. The SMILES string of the molecule is CC(C)NCc1cc(OCc2nnn(C)n2)ccc1Br. The van der Waals surface area contributed by atoms with Crippen LogP contribution in [0.5, 0.6) is 5.75 Å². The van der Waals surface area contributed by atoms with Gasteiger partial charge in [-0.1, -0.05) is 29.8 Å². The van der Waals surface area contributed by atoms with Crippen molar-refractivity contribution in [1.29, 1.82) is 0 Å². The van der Waals surface area contributed by atoms with E-state index < -0.39 is 0 Å². The fourth-order valence-corrected chi connectivity index (χ4v) is 2.01. The van der Waals surface area contributed by atoms with Gasteiger partial charge in [0.05, 0.1) is 7.05 Å². The van der Waals surface area contributed by atoms with Gasteiger partial charge in [-0.05, 0) is 29.0 Å². The van der Waals surface area contributed by atoms with Crippen LogP contribution >= 0.6 is 15.9 Å². The fourth-order valence-electron chi connectivity index (χ4n) is 1.62. The van der Waals surface area contributed by atoms with Crippen LogP contribution in [0.2, 0.25) is 0 Å². The number of aryl methyl sites for hydroxylation is 1. The van der Waals surface area contributed by atoms with Gasteiger partial charge in [-0.15, -0.1) is 10.2 Å². The first-order valence-electron chi connectivity index (χ1n) is 6.42. The van der Waals surface area contributed by atoms with Crippen LogP contribution in [-0.2, 0) is 20.2 Å². The number of aromatic nitrogens is 4. The third-order valence-corrected chi connectivity index (χ3v) is 3.41. The molecule has 2 rings (SSSR count). The molecule has 0 spiro atoms. The van der Waals surface area contributed by atoms with E-state index in [-0.39, 0.29) is 0 Å². The molecule has 20 heavy (non-hydrogen) atoms. The quantitative estimate of drug-likeness (QED) is 0.872. The van der Waals surface area contributed by atoms with Gasteiger partial charge in [0.1, 0.15) is 5.75 Å². The van der Waals surface area contributed by atoms with Crippen molar-refractivity contribution in [3.63, 3.8) is 0 Å². The molecule has 0 aliphatic heterocycles. The van der Waals surface area contributed by atoms with Crippen molar-refractivity contribution in [2.45, 2.75) is 33.0 Å². The van der Waals surface area contributed by atoms with Crippen LogP contribution in [0.1, 0.15) is 25.2 Å². The summed E-state index contributed by atoms with van der Waals surface area (Å²) in [7, 11) is 1.73. The number of hydrogen-bond acceptors (Lipinski definition) is 5. The molecule has 6 nitrogen and oxygen atoms in total. The average molecular weight is 340 g/mol. The number of benzene rings is 1. The zero-order valence-electron chi connectivity index (χ0n) is 11.8. The average Bonchev–Trinajstić information content (AvgIpc) is 2.82. The molecule has 0 aliphatic rings. The van der Waals surface area contributed by atoms with E-state index in [1.807, 2.05) is 18.2 Å². The maximum Gasteiger partial charge on any atom is 0.212 e. The second kappa shape index (κ2) is 6.81. The molecular formula is C13H18BrN5O. The van der Waals surface area contributed by atoms with Crippen LogP contribution < -0.4 is 10.1 Å². The number of rotatable bonds is 6. The zero-order valence-corrected chi connectivity index (χ0v) is 13.4. The highest BCUT2D eigenvalue weighted by atomic mass is 79.9. The van der Waals surface area contributed by atoms with Crippen molar-refractivity contribution < 1.29 is 4.74 Å². The van der Waals surface area contributed by atoms with Gasteiger partial charge in [0.25, 0.3) is 0 Å². The molecule has 0 saturated carbocycles. The smallest absolute Gasteiger partial charge is 0.212 e. The van der Waals surface area contributed by atoms with E-state index in [1.54, 1.807) is 7.05 Å². The molecule has 0 amide bonds. The van der Waals surface area contributed by atoms with Gasteiger partial charge in [0.15, 0.2) is 6.61 Å². The standard InChI is InChI=1S/C13H18BrN5O/c1-9(2)15-7-10-6-11(4-5-12(10)14)20-8-13-16-18-19(3)17-13/h4-6,9,15H,7-8H2,1-3H3. The number of nitrogens with zero attached hydrogens (tertiary/aromatic N) is 4. The summed E-state index contributed by atoms with van der Waals surface area (Å²) < 4.78 is 6.75. The zero-order chi connectivity index (χ0) is 14.5. The minimum Gasteiger partial charge on any atom is -0.485 e. The molecule has 1 aromatic heterocycles.